The summed E-state index contributed by atoms with van der Waals surface area (Å²) < 4.78 is 0. The summed E-state index contributed by atoms with van der Waals surface area (Å²) in [7, 11) is 0. The highest BCUT2D eigenvalue weighted by molar-refractivity contribution is 7.15. The summed E-state index contributed by atoms with van der Waals surface area (Å²) in [5.41, 5.74) is 2.45. The number of aryl methyl sites for hydroxylation is 2. The third kappa shape index (κ3) is 1.70. The van der Waals surface area contributed by atoms with Gasteiger partial charge >= 0.3 is 0 Å². The Hall–Kier alpha value is -1.15. The van der Waals surface area contributed by atoms with Crippen LogP contribution in [0.15, 0.2) is 30.3 Å². The largest absolute Gasteiger partial charge is 0.241 e. The van der Waals surface area contributed by atoms with Crippen LogP contribution in [0.25, 0.3) is 10.6 Å². The molecule has 0 bridgehead atoms. The number of aromatic nitrogens is 1. The van der Waals surface area contributed by atoms with Crippen LogP contribution in [0.5, 0.6) is 0 Å². The molecule has 1 aromatic carbocycles. The molecule has 0 fully saturated rings. The van der Waals surface area contributed by atoms with Gasteiger partial charge in [-0.15, -0.1) is 11.3 Å². The maximum absolute atomic E-state index is 4.62. The Morgan fingerprint density at radius 2 is 1.93 bits per heavy atom. The predicted octanol–water partition coefficient (Wildman–Crippen LogP) is 3.68. The SMILES string of the molecule is CCc1nc(-c2ccccc2)sc1C. The van der Waals surface area contributed by atoms with Gasteiger partial charge in [0.15, 0.2) is 0 Å². The lowest BCUT2D eigenvalue weighted by Crippen LogP contribution is -1.82. The first-order chi connectivity index (χ1) is 6.81. The van der Waals surface area contributed by atoms with Gasteiger partial charge in [0, 0.05) is 10.4 Å². The molecular formula is C12H13NS. The van der Waals surface area contributed by atoms with E-state index in [4.69, 9.17) is 0 Å². The predicted molar refractivity (Wildman–Crippen MR) is 61.7 cm³/mol. The molecular weight excluding hydrogens is 190 g/mol. The van der Waals surface area contributed by atoms with Crippen molar-refractivity contribution in [1.29, 1.82) is 0 Å². The molecule has 2 aromatic rings. The van der Waals surface area contributed by atoms with E-state index in [0.717, 1.165) is 11.4 Å². The lowest BCUT2D eigenvalue weighted by molar-refractivity contribution is 1.05. The topological polar surface area (TPSA) is 12.9 Å². The number of benzene rings is 1. The number of hydrogen-bond acceptors (Lipinski definition) is 2. The quantitative estimate of drug-likeness (QED) is 0.725. The summed E-state index contributed by atoms with van der Waals surface area (Å²) in [4.78, 5) is 5.96. The van der Waals surface area contributed by atoms with Crippen molar-refractivity contribution in [2.24, 2.45) is 0 Å². The van der Waals surface area contributed by atoms with Crippen LogP contribution in [0.3, 0.4) is 0 Å². The summed E-state index contributed by atoms with van der Waals surface area (Å²) in [6.07, 6.45) is 1.02. The van der Waals surface area contributed by atoms with E-state index in [0.29, 0.717) is 0 Å². The zero-order valence-corrected chi connectivity index (χ0v) is 9.27. The molecule has 0 saturated carbocycles. The molecule has 0 saturated heterocycles. The molecule has 0 spiro atoms. The van der Waals surface area contributed by atoms with Crippen molar-refractivity contribution in [1.82, 2.24) is 4.98 Å². The minimum Gasteiger partial charge on any atom is -0.241 e. The van der Waals surface area contributed by atoms with Gasteiger partial charge in [-0.25, -0.2) is 4.98 Å². The molecule has 0 unspecified atom stereocenters. The molecule has 0 amide bonds. The molecule has 1 nitrogen and oxygen atoms in total. The molecule has 1 aromatic heterocycles. The number of nitrogens with zero attached hydrogens (tertiary/aromatic N) is 1. The normalized spacial score (nSPS) is 10.4. The first-order valence-corrected chi connectivity index (χ1v) is 5.64. The van der Waals surface area contributed by atoms with Gasteiger partial charge in [0.25, 0.3) is 0 Å². The average molecular weight is 203 g/mol. The highest BCUT2D eigenvalue weighted by Crippen LogP contribution is 2.27. The summed E-state index contributed by atoms with van der Waals surface area (Å²) in [5, 5.41) is 1.14. The van der Waals surface area contributed by atoms with Crippen LogP contribution in [-0.2, 0) is 6.42 Å². The van der Waals surface area contributed by atoms with Crippen molar-refractivity contribution >= 4 is 11.3 Å². The standard InChI is InChI=1S/C12H13NS/c1-3-11-9(2)14-12(13-11)10-7-5-4-6-8-10/h4-8H,3H2,1-2H3. The summed E-state index contributed by atoms with van der Waals surface area (Å²) in [5.74, 6) is 0. The van der Waals surface area contributed by atoms with Crippen molar-refractivity contribution < 1.29 is 0 Å². The zero-order valence-electron chi connectivity index (χ0n) is 8.45. The molecule has 0 aliphatic rings. The van der Waals surface area contributed by atoms with Crippen LogP contribution >= 0.6 is 11.3 Å². The summed E-state index contributed by atoms with van der Waals surface area (Å²) in [6.45, 7) is 4.29. The van der Waals surface area contributed by atoms with Crippen LogP contribution in [-0.4, -0.2) is 4.98 Å². The van der Waals surface area contributed by atoms with Crippen LogP contribution in [0.2, 0.25) is 0 Å². The highest BCUT2D eigenvalue weighted by atomic mass is 32.1. The Kier molecular flexibility index (Phi) is 2.64. The minimum atomic E-state index is 1.02. The fourth-order valence-electron chi connectivity index (χ4n) is 1.46. The molecule has 0 aliphatic heterocycles. The first-order valence-electron chi connectivity index (χ1n) is 4.83. The van der Waals surface area contributed by atoms with Gasteiger partial charge in [0.05, 0.1) is 5.69 Å². The van der Waals surface area contributed by atoms with Gasteiger partial charge in [-0.1, -0.05) is 37.3 Å². The lowest BCUT2D eigenvalue weighted by Gasteiger charge is -1.93. The van der Waals surface area contributed by atoms with Gasteiger partial charge in [-0.3, -0.25) is 0 Å². The number of hydrogen-bond donors (Lipinski definition) is 0. The van der Waals surface area contributed by atoms with Crippen LogP contribution in [0.1, 0.15) is 17.5 Å². The monoisotopic (exact) mass is 203 g/mol. The lowest BCUT2D eigenvalue weighted by atomic mass is 10.2. The van der Waals surface area contributed by atoms with Crippen molar-refractivity contribution in [3.8, 4) is 10.6 Å². The second-order valence-electron chi connectivity index (χ2n) is 3.24. The second kappa shape index (κ2) is 3.93. The van der Waals surface area contributed by atoms with Crippen LogP contribution < -0.4 is 0 Å². The van der Waals surface area contributed by atoms with E-state index in [1.165, 1.54) is 16.1 Å². The molecule has 72 valence electrons. The molecule has 1 heterocycles. The van der Waals surface area contributed by atoms with E-state index in [1.807, 2.05) is 6.07 Å². The van der Waals surface area contributed by atoms with E-state index in [-0.39, 0.29) is 0 Å². The Morgan fingerprint density at radius 3 is 2.50 bits per heavy atom. The van der Waals surface area contributed by atoms with Crippen molar-refractivity contribution in [3.63, 3.8) is 0 Å². The minimum absolute atomic E-state index is 1.02. The first kappa shape index (κ1) is 9.41. The number of rotatable bonds is 2. The fraction of sp³-hybridized carbons (Fsp3) is 0.250. The van der Waals surface area contributed by atoms with E-state index in [9.17, 15) is 0 Å². The van der Waals surface area contributed by atoms with Crippen molar-refractivity contribution in [3.05, 3.63) is 40.9 Å². The molecule has 0 aliphatic carbocycles. The molecule has 0 atom stereocenters. The fourth-order valence-corrected chi connectivity index (χ4v) is 2.47. The van der Waals surface area contributed by atoms with Crippen LogP contribution in [0, 0.1) is 6.92 Å². The second-order valence-corrected chi connectivity index (χ2v) is 4.44. The maximum atomic E-state index is 4.62. The molecule has 2 rings (SSSR count). The number of thiazole rings is 1. The summed E-state index contributed by atoms with van der Waals surface area (Å²) in [6, 6.07) is 10.4. The van der Waals surface area contributed by atoms with E-state index < -0.39 is 0 Å². The molecule has 0 radical (unpaired) electrons. The van der Waals surface area contributed by atoms with Crippen molar-refractivity contribution in [2.45, 2.75) is 20.3 Å². The Morgan fingerprint density at radius 1 is 1.21 bits per heavy atom. The van der Waals surface area contributed by atoms with Gasteiger partial charge in [-0.05, 0) is 13.3 Å². The Labute approximate surface area is 88.4 Å². The van der Waals surface area contributed by atoms with E-state index in [1.54, 1.807) is 11.3 Å². The van der Waals surface area contributed by atoms with E-state index >= 15 is 0 Å². The van der Waals surface area contributed by atoms with Gasteiger partial charge in [-0.2, -0.15) is 0 Å². The molecule has 14 heavy (non-hydrogen) atoms. The smallest absolute Gasteiger partial charge is 0.123 e. The maximum Gasteiger partial charge on any atom is 0.123 e. The third-order valence-corrected chi connectivity index (χ3v) is 3.31. The van der Waals surface area contributed by atoms with Crippen molar-refractivity contribution in [2.75, 3.05) is 0 Å². The Balaban J connectivity index is 2.43. The average Bonchev–Trinajstić information content (AvgIpc) is 2.61. The summed E-state index contributed by atoms with van der Waals surface area (Å²) >= 11 is 1.78. The van der Waals surface area contributed by atoms with Gasteiger partial charge in [0.2, 0.25) is 0 Å². The third-order valence-electron chi connectivity index (χ3n) is 2.25. The van der Waals surface area contributed by atoms with Gasteiger partial charge < -0.3 is 0 Å². The molecule has 0 N–H and O–H groups in total. The molecule has 2 heteroatoms. The van der Waals surface area contributed by atoms with Crippen LogP contribution in [0.4, 0.5) is 0 Å². The Bertz CT molecular complexity index is 417. The van der Waals surface area contributed by atoms with E-state index in [2.05, 4.69) is 43.1 Å². The highest BCUT2D eigenvalue weighted by Gasteiger charge is 2.06. The zero-order chi connectivity index (χ0) is 9.97. The van der Waals surface area contributed by atoms with Gasteiger partial charge in [0.1, 0.15) is 5.01 Å².